The third-order valence-electron chi connectivity index (χ3n) is 2.35. The van der Waals surface area contributed by atoms with Crippen molar-refractivity contribution in [1.29, 1.82) is 0 Å². The maximum absolute atomic E-state index is 9.63. The van der Waals surface area contributed by atoms with E-state index < -0.39 is 3.61 Å². The van der Waals surface area contributed by atoms with Crippen LogP contribution in [0.3, 0.4) is 0 Å². The molecule has 60 valence electrons. The maximum atomic E-state index is 9.63. The van der Waals surface area contributed by atoms with Gasteiger partial charge in [-0.1, -0.05) is 19.3 Å². The predicted octanol–water partition coefficient (Wildman–Crippen LogP) is 2.71. The Labute approximate surface area is 76.3 Å². The molecule has 0 saturated heterocycles. The molecule has 2 heteroatoms. The zero-order chi connectivity index (χ0) is 7.61. The summed E-state index contributed by atoms with van der Waals surface area (Å²) in [5, 5.41) is 9.63. The Kier molecular flexibility index (Phi) is 2.98. The Morgan fingerprint density at radius 2 is 1.80 bits per heavy atom. The number of halogens is 1. The quantitative estimate of drug-likeness (QED) is 0.563. The summed E-state index contributed by atoms with van der Waals surface area (Å²) in [6, 6.07) is 0. The van der Waals surface area contributed by atoms with Crippen LogP contribution in [0, 0.1) is 5.92 Å². The van der Waals surface area contributed by atoms with Gasteiger partial charge in [-0.05, 0) is 48.3 Å². The highest BCUT2D eigenvalue weighted by atomic mass is 127. The summed E-state index contributed by atoms with van der Waals surface area (Å²) in [6.45, 7) is 1.92. The van der Waals surface area contributed by atoms with E-state index in [2.05, 4.69) is 22.6 Å². The first kappa shape index (κ1) is 8.78. The zero-order valence-corrected chi connectivity index (χ0v) is 8.60. The second-order valence-corrected chi connectivity index (χ2v) is 5.54. The second kappa shape index (κ2) is 3.39. The lowest BCUT2D eigenvalue weighted by atomic mass is 9.86. The molecule has 0 heterocycles. The Morgan fingerprint density at radius 3 is 2.10 bits per heavy atom. The largest absolute Gasteiger partial charge is 0.380 e. The summed E-state index contributed by atoms with van der Waals surface area (Å²) in [7, 11) is 0. The smallest absolute Gasteiger partial charge is 0.115 e. The highest BCUT2D eigenvalue weighted by Gasteiger charge is 2.29. The van der Waals surface area contributed by atoms with E-state index in [1.807, 2.05) is 6.92 Å². The summed E-state index contributed by atoms with van der Waals surface area (Å²) < 4.78 is -0.460. The van der Waals surface area contributed by atoms with Crippen LogP contribution in [0.4, 0.5) is 0 Å². The molecule has 0 bridgehead atoms. The van der Waals surface area contributed by atoms with E-state index in [9.17, 15) is 5.11 Å². The number of hydrogen-bond donors (Lipinski definition) is 1. The lowest BCUT2D eigenvalue weighted by Gasteiger charge is -2.30. The van der Waals surface area contributed by atoms with Gasteiger partial charge in [0.25, 0.3) is 0 Å². The number of alkyl halides is 1. The van der Waals surface area contributed by atoms with Crippen LogP contribution >= 0.6 is 22.6 Å². The molecule has 1 aliphatic rings. The van der Waals surface area contributed by atoms with Crippen molar-refractivity contribution in [3.8, 4) is 0 Å². The van der Waals surface area contributed by atoms with E-state index in [1.54, 1.807) is 0 Å². The fourth-order valence-corrected chi connectivity index (χ4v) is 2.25. The first-order valence-electron chi connectivity index (χ1n) is 4.02. The molecule has 0 amide bonds. The van der Waals surface area contributed by atoms with E-state index in [0.717, 1.165) is 0 Å². The first-order valence-corrected chi connectivity index (χ1v) is 5.10. The average Bonchev–Trinajstić information content (AvgIpc) is 1.88. The van der Waals surface area contributed by atoms with Gasteiger partial charge in [-0.15, -0.1) is 0 Å². The van der Waals surface area contributed by atoms with Crippen molar-refractivity contribution in [3.63, 3.8) is 0 Å². The minimum Gasteiger partial charge on any atom is -0.380 e. The molecule has 0 aliphatic heterocycles. The Hall–Kier alpha value is 0.690. The van der Waals surface area contributed by atoms with Crippen molar-refractivity contribution >= 4 is 22.6 Å². The van der Waals surface area contributed by atoms with Crippen molar-refractivity contribution in [2.24, 2.45) is 5.92 Å². The van der Waals surface area contributed by atoms with Crippen LogP contribution in [0.25, 0.3) is 0 Å². The summed E-state index contributed by atoms with van der Waals surface area (Å²) in [5.74, 6) is 0.543. The van der Waals surface area contributed by atoms with E-state index in [-0.39, 0.29) is 0 Å². The van der Waals surface area contributed by atoms with Crippen LogP contribution in [0.15, 0.2) is 0 Å². The molecule has 0 spiro atoms. The fraction of sp³-hybridized carbons (Fsp3) is 1.00. The van der Waals surface area contributed by atoms with Crippen LogP contribution in [-0.2, 0) is 0 Å². The molecule has 0 aromatic rings. The van der Waals surface area contributed by atoms with Crippen LogP contribution in [0.1, 0.15) is 39.0 Å². The van der Waals surface area contributed by atoms with Crippen molar-refractivity contribution in [3.05, 3.63) is 0 Å². The van der Waals surface area contributed by atoms with Crippen LogP contribution < -0.4 is 0 Å². The topological polar surface area (TPSA) is 20.2 Å². The molecule has 1 N–H and O–H groups in total. The normalized spacial score (nSPS) is 27.9. The number of hydrogen-bond acceptors (Lipinski definition) is 1. The van der Waals surface area contributed by atoms with Gasteiger partial charge >= 0.3 is 0 Å². The Morgan fingerprint density at radius 1 is 1.30 bits per heavy atom. The van der Waals surface area contributed by atoms with E-state index in [0.29, 0.717) is 5.92 Å². The standard InChI is InChI=1S/C8H15IO/c1-8(9,10)7-5-3-2-4-6-7/h7,10H,2-6H2,1H3. The van der Waals surface area contributed by atoms with Gasteiger partial charge in [-0.3, -0.25) is 0 Å². The third kappa shape index (κ3) is 2.38. The predicted molar refractivity (Wildman–Crippen MR) is 51.2 cm³/mol. The Bertz CT molecular complexity index is 100. The average molecular weight is 254 g/mol. The molecule has 1 aliphatic carbocycles. The van der Waals surface area contributed by atoms with Gasteiger partial charge in [0.05, 0.1) is 0 Å². The van der Waals surface area contributed by atoms with Crippen LogP contribution in [0.5, 0.6) is 0 Å². The maximum Gasteiger partial charge on any atom is 0.115 e. The van der Waals surface area contributed by atoms with Gasteiger partial charge in [0.2, 0.25) is 0 Å². The SMILES string of the molecule is CC(O)(I)C1CCCCC1. The molecule has 1 nitrogen and oxygen atoms in total. The fourth-order valence-electron chi connectivity index (χ4n) is 1.63. The van der Waals surface area contributed by atoms with Gasteiger partial charge in [-0.25, -0.2) is 0 Å². The second-order valence-electron chi connectivity index (χ2n) is 3.36. The summed E-state index contributed by atoms with van der Waals surface area (Å²) in [5.41, 5.74) is 0. The molecule has 0 radical (unpaired) electrons. The lowest BCUT2D eigenvalue weighted by molar-refractivity contribution is 0.0847. The van der Waals surface area contributed by atoms with Gasteiger partial charge in [-0.2, -0.15) is 0 Å². The van der Waals surface area contributed by atoms with Gasteiger partial charge < -0.3 is 5.11 Å². The number of rotatable bonds is 1. The molecule has 1 fully saturated rings. The molecular weight excluding hydrogens is 239 g/mol. The molecule has 10 heavy (non-hydrogen) atoms. The highest BCUT2D eigenvalue weighted by Crippen LogP contribution is 2.36. The highest BCUT2D eigenvalue weighted by molar-refractivity contribution is 14.1. The first-order chi connectivity index (χ1) is 4.61. The molecule has 0 aromatic carbocycles. The van der Waals surface area contributed by atoms with Crippen molar-refractivity contribution in [2.75, 3.05) is 0 Å². The van der Waals surface area contributed by atoms with Crippen molar-refractivity contribution in [2.45, 2.75) is 42.6 Å². The van der Waals surface area contributed by atoms with E-state index in [4.69, 9.17) is 0 Å². The summed E-state index contributed by atoms with van der Waals surface area (Å²) >= 11 is 2.15. The zero-order valence-electron chi connectivity index (χ0n) is 6.44. The van der Waals surface area contributed by atoms with Crippen molar-refractivity contribution in [1.82, 2.24) is 0 Å². The molecule has 1 saturated carbocycles. The molecule has 1 atom stereocenters. The van der Waals surface area contributed by atoms with E-state index >= 15 is 0 Å². The van der Waals surface area contributed by atoms with E-state index in [1.165, 1.54) is 32.1 Å². The lowest BCUT2D eigenvalue weighted by Crippen LogP contribution is -2.28. The molecule has 0 aromatic heterocycles. The van der Waals surface area contributed by atoms with Crippen molar-refractivity contribution < 1.29 is 5.11 Å². The van der Waals surface area contributed by atoms with Gasteiger partial charge in [0, 0.05) is 0 Å². The summed E-state index contributed by atoms with van der Waals surface area (Å²) in [6.07, 6.45) is 6.42. The van der Waals surface area contributed by atoms with Crippen LogP contribution in [0.2, 0.25) is 0 Å². The third-order valence-corrected chi connectivity index (χ3v) is 3.23. The van der Waals surface area contributed by atoms with Crippen LogP contribution in [-0.4, -0.2) is 8.71 Å². The number of aliphatic hydroxyl groups is 1. The molecule has 1 rings (SSSR count). The van der Waals surface area contributed by atoms with Gasteiger partial charge in [0.15, 0.2) is 0 Å². The monoisotopic (exact) mass is 254 g/mol. The molecule has 1 unspecified atom stereocenters. The summed E-state index contributed by atoms with van der Waals surface area (Å²) in [4.78, 5) is 0. The molecular formula is C8H15IO. The minimum atomic E-state index is -0.460. The Balaban J connectivity index is 2.39. The minimum absolute atomic E-state index is 0.460. The van der Waals surface area contributed by atoms with Gasteiger partial charge in [0.1, 0.15) is 3.61 Å².